The number of ether oxygens (including phenoxy) is 2. The lowest BCUT2D eigenvalue weighted by atomic mass is 10.2. The van der Waals surface area contributed by atoms with Crippen LogP contribution in [0.4, 0.5) is 5.69 Å². The zero-order valence-corrected chi connectivity index (χ0v) is 12.6. The van der Waals surface area contributed by atoms with Crippen molar-refractivity contribution in [3.05, 3.63) is 57.1 Å². The van der Waals surface area contributed by atoms with Gasteiger partial charge in [0.2, 0.25) is 6.79 Å². The van der Waals surface area contributed by atoms with Crippen LogP contribution in [0, 0.1) is 10.1 Å². The average molecular weight is 326 g/mol. The molecule has 1 aliphatic rings. The van der Waals surface area contributed by atoms with Gasteiger partial charge in [0.05, 0.1) is 15.1 Å². The minimum absolute atomic E-state index is 0.0501. The fraction of sp³-hybridized carbons (Fsp3) is 0.0625. The van der Waals surface area contributed by atoms with E-state index in [0.29, 0.717) is 5.52 Å². The van der Waals surface area contributed by atoms with E-state index < -0.39 is 4.92 Å². The second-order valence-corrected chi connectivity index (χ2v) is 5.97. The predicted octanol–water partition coefficient (Wildman–Crippen LogP) is 4.10. The highest BCUT2D eigenvalue weighted by Gasteiger charge is 2.12. The van der Waals surface area contributed by atoms with E-state index in [-0.39, 0.29) is 12.5 Å². The third-order valence-electron chi connectivity index (χ3n) is 3.41. The molecule has 4 rings (SSSR count). The van der Waals surface area contributed by atoms with Gasteiger partial charge in [0, 0.05) is 12.1 Å². The summed E-state index contributed by atoms with van der Waals surface area (Å²) in [6.45, 7) is 0.249. The van der Waals surface area contributed by atoms with Crippen LogP contribution < -0.4 is 9.47 Å². The Morgan fingerprint density at radius 3 is 2.87 bits per heavy atom. The van der Waals surface area contributed by atoms with Crippen molar-refractivity contribution in [1.82, 2.24) is 4.98 Å². The maximum absolute atomic E-state index is 10.8. The van der Waals surface area contributed by atoms with Crippen molar-refractivity contribution in [3.8, 4) is 11.5 Å². The fourth-order valence-electron chi connectivity index (χ4n) is 2.30. The van der Waals surface area contributed by atoms with Gasteiger partial charge in [-0.05, 0) is 29.8 Å². The average Bonchev–Trinajstić information content (AvgIpc) is 3.17. The van der Waals surface area contributed by atoms with E-state index in [0.717, 1.165) is 26.8 Å². The monoisotopic (exact) mass is 326 g/mol. The number of hydrogen-bond acceptors (Lipinski definition) is 6. The first-order valence-corrected chi connectivity index (χ1v) is 7.63. The maximum atomic E-state index is 10.8. The largest absolute Gasteiger partial charge is 0.454 e. The van der Waals surface area contributed by atoms with E-state index in [2.05, 4.69) is 4.98 Å². The predicted molar refractivity (Wildman–Crippen MR) is 87.8 cm³/mol. The molecule has 0 bridgehead atoms. The summed E-state index contributed by atoms with van der Waals surface area (Å²) < 4.78 is 11.5. The number of rotatable bonds is 3. The Morgan fingerprint density at radius 2 is 2.00 bits per heavy atom. The zero-order chi connectivity index (χ0) is 15.8. The summed E-state index contributed by atoms with van der Waals surface area (Å²) in [6.07, 6.45) is 3.81. The van der Waals surface area contributed by atoms with Crippen LogP contribution in [0.1, 0.15) is 10.6 Å². The van der Waals surface area contributed by atoms with E-state index >= 15 is 0 Å². The molecule has 7 heteroatoms. The Bertz CT molecular complexity index is 948. The lowest BCUT2D eigenvalue weighted by Gasteiger charge is -1.96. The second-order valence-electron chi connectivity index (χ2n) is 4.91. The first kappa shape index (κ1) is 13.7. The van der Waals surface area contributed by atoms with Crippen LogP contribution in [0.5, 0.6) is 11.5 Å². The van der Waals surface area contributed by atoms with Crippen molar-refractivity contribution < 1.29 is 14.4 Å². The Balaban J connectivity index is 1.63. The summed E-state index contributed by atoms with van der Waals surface area (Å²) in [4.78, 5) is 14.8. The third kappa shape index (κ3) is 2.62. The molecule has 2 heterocycles. The van der Waals surface area contributed by atoms with Gasteiger partial charge in [-0.25, -0.2) is 4.98 Å². The quantitative estimate of drug-likeness (QED) is 0.535. The number of nitrogens with zero attached hydrogens (tertiary/aromatic N) is 2. The van der Waals surface area contributed by atoms with E-state index in [1.54, 1.807) is 6.07 Å². The first-order chi connectivity index (χ1) is 11.2. The number of nitro benzene ring substituents is 1. The van der Waals surface area contributed by atoms with Gasteiger partial charge in [-0.1, -0.05) is 12.1 Å². The molecule has 114 valence electrons. The summed E-state index contributed by atoms with van der Waals surface area (Å²) in [6, 6.07) is 10.4. The molecule has 0 saturated carbocycles. The van der Waals surface area contributed by atoms with Crippen LogP contribution in [0.15, 0.2) is 36.4 Å². The number of aromatic nitrogens is 1. The number of benzene rings is 2. The molecule has 0 fully saturated rings. The van der Waals surface area contributed by atoms with E-state index in [4.69, 9.17) is 9.47 Å². The molecule has 0 N–H and O–H groups in total. The van der Waals surface area contributed by atoms with Crippen molar-refractivity contribution in [2.24, 2.45) is 0 Å². The minimum Gasteiger partial charge on any atom is -0.454 e. The summed E-state index contributed by atoms with van der Waals surface area (Å²) >= 11 is 1.49. The van der Waals surface area contributed by atoms with Gasteiger partial charge in [-0.2, -0.15) is 0 Å². The molecule has 0 saturated heterocycles. The third-order valence-corrected chi connectivity index (χ3v) is 4.42. The number of non-ortho nitro benzene ring substituents is 1. The van der Waals surface area contributed by atoms with Crippen molar-refractivity contribution in [2.45, 2.75) is 0 Å². The Kier molecular flexibility index (Phi) is 3.20. The van der Waals surface area contributed by atoms with E-state index in [1.807, 2.05) is 30.4 Å². The fourth-order valence-corrected chi connectivity index (χ4v) is 3.15. The van der Waals surface area contributed by atoms with Gasteiger partial charge in [-0.15, -0.1) is 11.3 Å². The molecule has 0 atom stereocenters. The van der Waals surface area contributed by atoms with Crippen molar-refractivity contribution >= 4 is 39.4 Å². The normalized spacial score (nSPS) is 13.0. The van der Waals surface area contributed by atoms with Gasteiger partial charge < -0.3 is 9.47 Å². The molecule has 0 amide bonds. The van der Waals surface area contributed by atoms with Crippen molar-refractivity contribution in [3.63, 3.8) is 0 Å². The van der Waals surface area contributed by atoms with Crippen LogP contribution in [-0.2, 0) is 0 Å². The SMILES string of the molecule is O=[N+]([O-])c1ccc2sc(/C=C/c3ccc4c(c3)OCO4)nc2c1. The number of nitro groups is 1. The van der Waals surface area contributed by atoms with Crippen LogP contribution in [-0.4, -0.2) is 16.7 Å². The summed E-state index contributed by atoms with van der Waals surface area (Å²) in [5.74, 6) is 1.47. The molecular formula is C16H10N2O4S. The van der Waals surface area contributed by atoms with Gasteiger partial charge in [-0.3, -0.25) is 10.1 Å². The number of hydrogen-bond donors (Lipinski definition) is 0. The Morgan fingerprint density at radius 1 is 1.13 bits per heavy atom. The standard InChI is InChI=1S/C16H10N2O4S/c19-18(20)11-3-5-15-12(8-11)17-16(23-15)6-2-10-1-4-13-14(7-10)22-9-21-13/h1-8H,9H2/b6-2+. The minimum atomic E-state index is -0.416. The topological polar surface area (TPSA) is 74.5 Å². The lowest BCUT2D eigenvalue weighted by Crippen LogP contribution is -1.92. The maximum Gasteiger partial charge on any atom is 0.271 e. The smallest absolute Gasteiger partial charge is 0.271 e. The summed E-state index contributed by atoms with van der Waals surface area (Å²) in [5, 5.41) is 11.6. The van der Waals surface area contributed by atoms with Crippen molar-refractivity contribution in [1.29, 1.82) is 0 Å². The molecule has 3 aromatic rings. The highest BCUT2D eigenvalue weighted by Crippen LogP contribution is 2.33. The Hall–Kier alpha value is -2.93. The molecule has 1 aromatic heterocycles. The zero-order valence-electron chi connectivity index (χ0n) is 11.8. The van der Waals surface area contributed by atoms with Crippen LogP contribution in [0.3, 0.4) is 0 Å². The first-order valence-electron chi connectivity index (χ1n) is 6.82. The second kappa shape index (κ2) is 5.36. The molecular weight excluding hydrogens is 316 g/mol. The van der Waals surface area contributed by atoms with Gasteiger partial charge in [0.25, 0.3) is 5.69 Å². The van der Waals surface area contributed by atoms with E-state index in [1.165, 1.54) is 23.5 Å². The molecule has 0 unspecified atom stereocenters. The Labute approximate surface area is 134 Å². The molecule has 1 aliphatic heterocycles. The highest BCUT2D eigenvalue weighted by molar-refractivity contribution is 7.19. The van der Waals surface area contributed by atoms with Crippen molar-refractivity contribution in [2.75, 3.05) is 6.79 Å². The molecule has 0 radical (unpaired) electrons. The molecule has 0 spiro atoms. The lowest BCUT2D eigenvalue weighted by molar-refractivity contribution is -0.384. The van der Waals surface area contributed by atoms with Crippen LogP contribution in [0.2, 0.25) is 0 Å². The van der Waals surface area contributed by atoms with Crippen LogP contribution in [0.25, 0.3) is 22.4 Å². The van der Waals surface area contributed by atoms with Crippen LogP contribution >= 0.6 is 11.3 Å². The molecule has 2 aromatic carbocycles. The number of fused-ring (bicyclic) bond motifs is 2. The molecule has 0 aliphatic carbocycles. The highest BCUT2D eigenvalue weighted by atomic mass is 32.1. The van der Waals surface area contributed by atoms with Gasteiger partial charge in [0.1, 0.15) is 5.01 Å². The molecule has 23 heavy (non-hydrogen) atoms. The summed E-state index contributed by atoms with van der Waals surface area (Å²) in [7, 11) is 0. The molecule has 6 nitrogen and oxygen atoms in total. The van der Waals surface area contributed by atoms with Gasteiger partial charge >= 0.3 is 0 Å². The van der Waals surface area contributed by atoms with E-state index in [9.17, 15) is 10.1 Å². The van der Waals surface area contributed by atoms with Gasteiger partial charge in [0.15, 0.2) is 11.5 Å². The summed E-state index contributed by atoms with van der Waals surface area (Å²) in [5.41, 5.74) is 1.66. The number of thiazole rings is 1.